The molecule has 0 bridgehead atoms. The molecule has 0 spiro atoms. The van der Waals surface area contributed by atoms with Gasteiger partial charge in [-0.2, -0.15) is 0 Å². The van der Waals surface area contributed by atoms with E-state index in [1.54, 1.807) is 0 Å². The predicted molar refractivity (Wildman–Crippen MR) is 89.7 cm³/mol. The second-order valence-corrected chi connectivity index (χ2v) is 6.52. The van der Waals surface area contributed by atoms with Crippen molar-refractivity contribution >= 4 is 22.2 Å². The molecule has 2 atom stereocenters. The van der Waals surface area contributed by atoms with Crippen LogP contribution in [0.2, 0.25) is 0 Å². The van der Waals surface area contributed by atoms with Crippen molar-refractivity contribution < 1.29 is 18.3 Å². The topological polar surface area (TPSA) is 70.5 Å². The molecule has 126 valence electrons. The molecule has 25 heavy (non-hydrogen) atoms. The van der Waals surface area contributed by atoms with E-state index in [1.807, 2.05) is 62.4 Å². The van der Waals surface area contributed by atoms with E-state index < -0.39 is 18.0 Å². The van der Waals surface area contributed by atoms with Crippen molar-refractivity contribution in [3.8, 4) is 0 Å². The van der Waals surface area contributed by atoms with Crippen LogP contribution in [0, 0.1) is 0 Å². The molecule has 5 rings (SSSR count). The molecule has 0 saturated carbocycles. The van der Waals surface area contributed by atoms with Crippen LogP contribution in [-0.4, -0.2) is 15.8 Å². The maximum atomic E-state index is 6.05. The van der Waals surface area contributed by atoms with Gasteiger partial charge in [-0.15, -0.1) is 0 Å². The Morgan fingerprint density at radius 1 is 0.720 bits per heavy atom. The SMILES string of the molecule is CC1(C)OC(c2nc3ccccc3o2)C(c2nc3ccccc3o2)O1. The van der Waals surface area contributed by atoms with Gasteiger partial charge in [0.25, 0.3) is 0 Å². The minimum absolute atomic E-state index is 0.457. The van der Waals surface area contributed by atoms with Crippen LogP contribution in [0.25, 0.3) is 22.2 Å². The Morgan fingerprint density at radius 2 is 1.16 bits per heavy atom. The lowest BCUT2D eigenvalue weighted by Crippen LogP contribution is -2.20. The Hall–Kier alpha value is -2.70. The van der Waals surface area contributed by atoms with Crippen LogP contribution in [0.15, 0.2) is 57.4 Å². The Kier molecular flexibility index (Phi) is 3.01. The maximum absolute atomic E-state index is 6.05. The third-order valence-corrected chi connectivity index (χ3v) is 4.20. The normalized spacial score (nSPS) is 22.8. The van der Waals surface area contributed by atoms with Gasteiger partial charge >= 0.3 is 0 Å². The number of nitrogens with zero attached hydrogens (tertiary/aromatic N) is 2. The summed E-state index contributed by atoms with van der Waals surface area (Å²) in [6.45, 7) is 3.70. The number of fused-ring (bicyclic) bond motifs is 2. The van der Waals surface area contributed by atoms with E-state index in [0.717, 1.165) is 11.0 Å². The first-order valence-corrected chi connectivity index (χ1v) is 8.16. The van der Waals surface area contributed by atoms with Gasteiger partial charge in [-0.05, 0) is 38.1 Å². The maximum Gasteiger partial charge on any atom is 0.228 e. The van der Waals surface area contributed by atoms with Crippen molar-refractivity contribution in [3.05, 3.63) is 60.3 Å². The van der Waals surface area contributed by atoms with Crippen molar-refractivity contribution in [3.63, 3.8) is 0 Å². The lowest BCUT2D eigenvalue weighted by molar-refractivity contribution is -0.150. The average Bonchev–Trinajstić information content (AvgIpc) is 3.27. The molecule has 1 aliphatic heterocycles. The number of ether oxygens (including phenoxy) is 2. The van der Waals surface area contributed by atoms with E-state index in [1.165, 1.54) is 0 Å². The number of benzene rings is 2. The highest BCUT2D eigenvalue weighted by atomic mass is 16.8. The monoisotopic (exact) mass is 336 g/mol. The molecular weight excluding hydrogens is 320 g/mol. The highest BCUT2D eigenvalue weighted by molar-refractivity contribution is 5.73. The average molecular weight is 336 g/mol. The number of rotatable bonds is 2. The third-order valence-electron chi connectivity index (χ3n) is 4.20. The number of aromatic nitrogens is 2. The first kappa shape index (κ1) is 14.6. The van der Waals surface area contributed by atoms with Gasteiger partial charge in [0, 0.05) is 0 Å². The van der Waals surface area contributed by atoms with Gasteiger partial charge in [-0.3, -0.25) is 0 Å². The molecule has 0 aliphatic carbocycles. The smallest absolute Gasteiger partial charge is 0.228 e. The minimum atomic E-state index is -0.795. The lowest BCUT2D eigenvalue weighted by Gasteiger charge is -2.15. The summed E-state index contributed by atoms with van der Waals surface area (Å²) < 4.78 is 23.9. The summed E-state index contributed by atoms with van der Waals surface area (Å²) in [6.07, 6.45) is -1.06. The van der Waals surface area contributed by atoms with Crippen molar-refractivity contribution in [1.29, 1.82) is 0 Å². The van der Waals surface area contributed by atoms with Crippen LogP contribution in [0.1, 0.15) is 37.8 Å². The first-order valence-electron chi connectivity index (χ1n) is 8.16. The first-order chi connectivity index (χ1) is 12.1. The number of hydrogen-bond donors (Lipinski definition) is 0. The summed E-state index contributed by atoms with van der Waals surface area (Å²) in [4.78, 5) is 9.10. The van der Waals surface area contributed by atoms with Gasteiger partial charge in [0.1, 0.15) is 11.0 Å². The van der Waals surface area contributed by atoms with E-state index in [2.05, 4.69) is 9.97 Å². The summed E-state index contributed by atoms with van der Waals surface area (Å²) in [5.41, 5.74) is 2.98. The zero-order valence-electron chi connectivity index (χ0n) is 13.8. The Morgan fingerprint density at radius 3 is 1.60 bits per heavy atom. The molecule has 0 radical (unpaired) electrons. The van der Waals surface area contributed by atoms with Crippen LogP contribution in [0.5, 0.6) is 0 Å². The quantitative estimate of drug-likeness (QED) is 0.535. The molecule has 4 aromatic rings. The summed E-state index contributed by atoms with van der Waals surface area (Å²) >= 11 is 0. The molecule has 2 unspecified atom stereocenters. The van der Waals surface area contributed by atoms with E-state index in [-0.39, 0.29) is 0 Å². The van der Waals surface area contributed by atoms with Crippen molar-refractivity contribution in [1.82, 2.24) is 9.97 Å². The third kappa shape index (κ3) is 2.42. The van der Waals surface area contributed by atoms with Crippen LogP contribution in [0.3, 0.4) is 0 Å². The molecule has 6 nitrogen and oxygen atoms in total. The highest BCUT2D eigenvalue weighted by Gasteiger charge is 2.48. The minimum Gasteiger partial charge on any atom is -0.438 e. The molecule has 2 aromatic carbocycles. The van der Waals surface area contributed by atoms with Crippen LogP contribution in [0.4, 0.5) is 0 Å². The Bertz CT molecular complexity index is 915. The van der Waals surface area contributed by atoms with Crippen molar-refractivity contribution in [2.45, 2.75) is 31.8 Å². The summed E-state index contributed by atoms with van der Waals surface area (Å²) in [6, 6.07) is 15.2. The second kappa shape index (κ2) is 5.15. The van der Waals surface area contributed by atoms with Crippen LogP contribution >= 0.6 is 0 Å². The summed E-state index contributed by atoms with van der Waals surface area (Å²) in [5, 5.41) is 0. The van der Waals surface area contributed by atoms with Gasteiger partial charge < -0.3 is 18.3 Å². The van der Waals surface area contributed by atoms with E-state index in [9.17, 15) is 0 Å². The van der Waals surface area contributed by atoms with E-state index in [0.29, 0.717) is 22.9 Å². The fraction of sp³-hybridized carbons (Fsp3) is 0.263. The van der Waals surface area contributed by atoms with Crippen LogP contribution < -0.4 is 0 Å². The lowest BCUT2D eigenvalue weighted by atomic mass is 10.2. The Labute approximate surface area is 143 Å². The molecule has 1 saturated heterocycles. The van der Waals surface area contributed by atoms with Gasteiger partial charge in [-0.25, -0.2) is 9.97 Å². The fourth-order valence-electron chi connectivity index (χ4n) is 3.15. The number of para-hydroxylation sites is 4. The van der Waals surface area contributed by atoms with E-state index >= 15 is 0 Å². The molecule has 0 N–H and O–H groups in total. The van der Waals surface area contributed by atoms with Gasteiger partial charge in [-0.1, -0.05) is 24.3 Å². The zero-order valence-corrected chi connectivity index (χ0v) is 13.8. The van der Waals surface area contributed by atoms with Crippen molar-refractivity contribution in [2.24, 2.45) is 0 Å². The predicted octanol–water partition coefficient (Wildman–Crippen LogP) is 4.53. The second-order valence-electron chi connectivity index (χ2n) is 6.52. The molecule has 6 heteroatoms. The Balaban J connectivity index is 1.60. The molecule has 1 fully saturated rings. The fourth-order valence-corrected chi connectivity index (χ4v) is 3.15. The number of oxazole rings is 2. The standard InChI is InChI=1S/C19H16N2O4/c1-19(2)24-15(17-20-11-7-3-5-9-13(11)22-17)16(25-19)18-21-12-8-4-6-10-14(12)23-18/h3-10,15-16H,1-2H3. The highest BCUT2D eigenvalue weighted by Crippen LogP contribution is 2.47. The van der Waals surface area contributed by atoms with Gasteiger partial charge in [0.2, 0.25) is 11.8 Å². The van der Waals surface area contributed by atoms with E-state index in [4.69, 9.17) is 18.3 Å². The summed E-state index contributed by atoms with van der Waals surface area (Å²) in [5.74, 6) is 0.120. The summed E-state index contributed by atoms with van der Waals surface area (Å²) in [7, 11) is 0. The van der Waals surface area contributed by atoms with Gasteiger partial charge in [0.15, 0.2) is 29.2 Å². The number of hydrogen-bond acceptors (Lipinski definition) is 6. The zero-order chi connectivity index (χ0) is 17.0. The van der Waals surface area contributed by atoms with Gasteiger partial charge in [0.05, 0.1) is 0 Å². The largest absolute Gasteiger partial charge is 0.438 e. The molecule has 3 heterocycles. The van der Waals surface area contributed by atoms with Crippen LogP contribution in [-0.2, 0) is 9.47 Å². The molecule has 1 aliphatic rings. The molecule has 2 aromatic heterocycles. The molecular formula is C19H16N2O4. The molecule has 0 amide bonds. The van der Waals surface area contributed by atoms with Crippen molar-refractivity contribution in [2.75, 3.05) is 0 Å².